The third-order valence-corrected chi connectivity index (χ3v) is 2.02. The highest BCUT2D eigenvalue weighted by Gasteiger charge is 2.18. The second-order valence-electron chi connectivity index (χ2n) is 2.87. The van der Waals surface area contributed by atoms with Crippen molar-refractivity contribution < 1.29 is 10.0 Å². The number of hydrogen-bond donors (Lipinski definition) is 2. The molecule has 0 aromatic carbocycles. The number of likely N-dealkylation sites (tertiary alicyclic amines) is 1. The topological polar surface area (TPSA) is 24.7 Å². The molecule has 0 aliphatic carbocycles. The van der Waals surface area contributed by atoms with Crippen LogP contribution in [0.2, 0.25) is 0 Å². The van der Waals surface area contributed by atoms with Crippen LogP contribution in [0.25, 0.3) is 0 Å². The average molecular weight is 129 g/mol. The zero-order valence-corrected chi connectivity index (χ0v) is 5.77. The molecule has 54 valence electrons. The molecule has 0 amide bonds. The lowest BCUT2D eigenvalue weighted by Gasteiger charge is -2.11. The maximum Gasteiger partial charge on any atom is 0.0562 e. The summed E-state index contributed by atoms with van der Waals surface area (Å²) in [6.45, 7) is 2.68. The smallest absolute Gasteiger partial charge is 0.0562 e. The zero-order chi connectivity index (χ0) is 6.69. The van der Waals surface area contributed by atoms with Gasteiger partial charge in [-0.2, -0.15) is 7.05 Å². The first kappa shape index (κ1) is 7.03. The van der Waals surface area contributed by atoms with Crippen molar-refractivity contribution in [2.45, 2.75) is 12.8 Å². The van der Waals surface area contributed by atoms with Crippen molar-refractivity contribution in [1.29, 1.82) is 0 Å². The Morgan fingerprint density at radius 3 is 2.89 bits per heavy atom. The molecule has 2 N–H and O–H groups in total. The molecule has 2 nitrogen and oxygen atoms in total. The average Bonchev–Trinajstić information content (AvgIpc) is 2.17. The van der Waals surface area contributed by atoms with Crippen molar-refractivity contribution in [1.82, 2.24) is 0 Å². The quantitative estimate of drug-likeness (QED) is 0.462. The Morgan fingerprint density at radius 1 is 1.67 bits per heavy atom. The lowest BCUT2D eigenvalue weighted by Crippen LogP contribution is -3.04. The van der Waals surface area contributed by atoms with Gasteiger partial charge in [0.05, 0.1) is 13.1 Å². The summed E-state index contributed by atoms with van der Waals surface area (Å²) < 4.78 is 0. The fourth-order valence-corrected chi connectivity index (χ4v) is 1.45. The van der Waals surface area contributed by atoms with Crippen molar-refractivity contribution in [2.75, 3.05) is 19.7 Å². The third kappa shape index (κ3) is 1.95. The second kappa shape index (κ2) is 3.18. The largest absolute Gasteiger partial charge is 0.468 e. The number of nitrogens with one attached hydrogen (secondary N) is 1. The van der Waals surface area contributed by atoms with Crippen LogP contribution in [0.5, 0.6) is 0 Å². The van der Waals surface area contributed by atoms with Gasteiger partial charge in [0.1, 0.15) is 0 Å². The third-order valence-electron chi connectivity index (χ3n) is 2.02. The Hall–Kier alpha value is -0.0800. The monoisotopic (exact) mass is 129 g/mol. The number of aliphatic hydroxyl groups excluding tert-OH is 1. The molecular weight excluding hydrogens is 114 g/mol. The molecule has 0 bridgehead atoms. The summed E-state index contributed by atoms with van der Waals surface area (Å²) in [5.41, 5.74) is 0. The van der Waals surface area contributed by atoms with Gasteiger partial charge in [-0.05, 0) is 6.42 Å². The molecule has 0 saturated carbocycles. The van der Waals surface area contributed by atoms with Gasteiger partial charge in [-0.3, -0.25) is 0 Å². The number of quaternary nitrogens is 1. The molecule has 2 unspecified atom stereocenters. The van der Waals surface area contributed by atoms with E-state index in [9.17, 15) is 0 Å². The van der Waals surface area contributed by atoms with Crippen LogP contribution in [0.4, 0.5) is 0 Å². The maximum atomic E-state index is 8.58. The van der Waals surface area contributed by atoms with Crippen molar-refractivity contribution in [3.05, 3.63) is 7.05 Å². The van der Waals surface area contributed by atoms with E-state index in [-0.39, 0.29) is 0 Å². The van der Waals surface area contributed by atoms with Gasteiger partial charge in [0.25, 0.3) is 0 Å². The number of aliphatic hydroxyl groups is 1. The van der Waals surface area contributed by atoms with E-state index in [2.05, 4.69) is 7.05 Å². The second-order valence-corrected chi connectivity index (χ2v) is 2.87. The van der Waals surface area contributed by atoms with E-state index in [1.807, 2.05) is 0 Å². The predicted molar refractivity (Wildman–Crippen MR) is 35.9 cm³/mol. The standard InChI is InChI=1S/C7H15NO/c1-8-4-2-7(6-8)3-5-9/h7-9H,1-6H2. The minimum atomic E-state index is 0.345. The molecule has 1 fully saturated rings. The van der Waals surface area contributed by atoms with Crippen molar-refractivity contribution >= 4 is 0 Å². The van der Waals surface area contributed by atoms with Gasteiger partial charge in [-0.1, -0.05) is 0 Å². The number of hydrogen-bond acceptors (Lipinski definition) is 1. The van der Waals surface area contributed by atoms with E-state index in [4.69, 9.17) is 5.11 Å². The van der Waals surface area contributed by atoms with E-state index >= 15 is 0 Å². The first-order chi connectivity index (χ1) is 4.33. The van der Waals surface area contributed by atoms with E-state index in [0.29, 0.717) is 6.61 Å². The summed E-state index contributed by atoms with van der Waals surface area (Å²) in [7, 11) is 3.91. The van der Waals surface area contributed by atoms with E-state index < -0.39 is 0 Å². The minimum Gasteiger partial charge on any atom is -0.468 e. The van der Waals surface area contributed by atoms with Crippen molar-refractivity contribution in [3.63, 3.8) is 0 Å². The van der Waals surface area contributed by atoms with E-state index in [1.54, 1.807) is 0 Å². The normalized spacial score (nSPS) is 35.3. The molecular formula is C7H15NO. The highest BCUT2D eigenvalue weighted by molar-refractivity contribution is 4.61. The first-order valence-corrected chi connectivity index (χ1v) is 3.60. The van der Waals surface area contributed by atoms with Gasteiger partial charge < -0.3 is 10.0 Å². The van der Waals surface area contributed by atoms with Gasteiger partial charge in [-0.25, -0.2) is 0 Å². The molecule has 9 heavy (non-hydrogen) atoms. The summed E-state index contributed by atoms with van der Waals surface area (Å²) in [5, 5.41) is 8.58. The van der Waals surface area contributed by atoms with Crippen LogP contribution < -0.4 is 4.90 Å². The van der Waals surface area contributed by atoms with Gasteiger partial charge in [0.2, 0.25) is 0 Å². The van der Waals surface area contributed by atoms with Crippen LogP contribution >= 0.6 is 0 Å². The molecule has 0 aromatic rings. The zero-order valence-electron chi connectivity index (χ0n) is 5.77. The molecule has 0 spiro atoms. The van der Waals surface area contributed by atoms with E-state index in [0.717, 1.165) is 18.9 Å². The Bertz CT molecular complexity index is 83.0. The molecule has 1 rings (SSSR count). The lowest BCUT2D eigenvalue weighted by molar-refractivity contribution is -0.841. The van der Waals surface area contributed by atoms with Crippen LogP contribution in [0.15, 0.2) is 0 Å². The summed E-state index contributed by atoms with van der Waals surface area (Å²) in [4.78, 5) is 1.37. The fraction of sp³-hybridized carbons (Fsp3) is 0.857. The van der Waals surface area contributed by atoms with Crippen LogP contribution in [-0.2, 0) is 0 Å². The highest BCUT2D eigenvalue weighted by atomic mass is 16.3. The first-order valence-electron chi connectivity index (χ1n) is 3.60. The van der Waals surface area contributed by atoms with Gasteiger partial charge in [-0.15, -0.1) is 0 Å². The molecule has 1 heterocycles. The lowest BCUT2D eigenvalue weighted by atomic mass is 10.1. The SMILES string of the molecule is [CH2-][NH+]1CCC(CCO)C1. The van der Waals surface area contributed by atoms with Crippen LogP contribution in [0, 0.1) is 13.0 Å². The summed E-state index contributed by atoms with van der Waals surface area (Å²) in [6, 6.07) is 0. The molecule has 2 atom stereocenters. The van der Waals surface area contributed by atoms with Crippen molar-refractivity contribution in [3.8, 4) is 0 Å². The predicted octanol–water partition coefficient (Wildman–Crippen LogP) is -0.935. The molecule has 1 saturated heterocycles. The Balaban J connectivity index is 2.14. The summed E-state index contributed by atoms with van der Waals surface area (Å²) in [6.07, 6.45) is 2.22. The minimum absolute atomic E-state index is 0.345. The number of rotatable bonds is 2. The van der Waals surface area contributed by atoms with Crippen LogP contribution in [0.3, 0.4) is 0 Å². The highest BCUT2D eigenvalue weighted by Crippen LogP contribution is 2.07. The molecule has 0 radical (unpaired) electrons. The van der Waals surface area contributed by atoms with Gasteiger partial charge >= 0.3 is 0 Å². The van der Waals surface area contributed by atoms with Gasteiger partial charge in [0.15, 0.2) is 0 Å². The van der Waals surface area contributed by atoms with Gasteiger partial charge in [0, 0.05) is 18.9 Å². The van der Waals surface area contributed by atoms with Crippen LogP contribution in [-0.4, -0.2) is 24.8 Å². The fourth-order valence-electron chi connectivity index (χ4n) is 1.45. The Labute approximate surface area is 56.5 Å². The Kier molecular flexibility index (Phi) is 2.49. The maximum absolute atomic E-state index is 8.58. The molecule has 1 aliphatic rings. The van der Waals surface area contributed by atoms with Crippen molar-refractivity contribution in [2.24, 2.45) is 5.92 Å². The summed E-state index contributed by atoms with van der Waals surface area (Å²) in [5.74, 6) is 0.738. The molecule has 1 aliphatic heterocycles. The van der Waals surface area contributed by atoms with E-state index in [1.165, 1.54) is 17.9 Å². The molecule has 2 heteroatoms. The Morgan fingerprint density at radius 2 is 2.44 bits per heavy atom. The summed E-state index contributed by atoms with van der Waals surface area (Å²) >= 11 is 0. The molecule has 0 aromatic heterocycles. The van der Waals surface area contributed by atoms with Crippen LogP contribution in [0.1, 0.15) is 12.8 Å².